The van der Waals surface area contributed by atoms with Gasteiger partial charge in [0, 0.05) is 10.5 Å². The summed E-state index contributed by atoms with van der Waals surface area (Å²) in [6.07, 6.45) is 0. The Morgan fingerprint density at radius 2 is 1.79 bits per heavy atom. The minimum absolute atomic E-state index is 0.0427. The van der Waals surface area contributed by atoms with E-state index in [2.05, 4.69) is 21.2 Å². The zero-order chi connectivity index (χ0) is 14.6. The predicted molar refractivity (Wildman–Crippen MR) is 75.9 cm³/mol. The van der Waals surface area contributed by atoms with Gasteiger partial charge in [-0.15, -0.1) is 0 Å². The molecule has 1 atom stereocenters. The average molecular weight is 332 g/mol. The lowest BCUT2D eigenvalue weighted by Gasteiger charge is -2.20. The minimum atomic E-state index is -0.943. The second-order valence-electron chi connectivity index (χ2n) is 4.32. The molecule has 1 rings (SSSR count). The second-order valence-corrected chi connectivity index (χ2v) is 5.18. The molecule has 0 fully saturated rings. The van der Waals surface area contributed by atoms with Gasteiger partial charge in [-0.2, -0.15) is 0 Å². The number of carboxylic acid groups (broad SMARTS) is 1. The highest BCUT2D eigenvalue weighted by Gasteiger charge is 2.24. The van der Waals surface area contributed by atoms with Crippen LogP contribution in [0.2, 0.25) is 0 Å². The van der Waals surface area contributed by atoms with Gasteiger partial charge in [-0.05, 0) is 31.5 Å². The zero-order valence-corrected chi connectivity index (χ0v) is 12.9. The predicted octanol–water partition coefficient (Wildman–Crippen LogP) is 2.59. The Labute approximate surface area is 121 Å². The molecule has 0 amide bonds. The molecule has 0 aliphatic rings. The first kappa shape index (κ1) is 15.8. The van der Waals surface area contributed by atoms with Crippen LogP contribution in [-0.2, 0) is 4.79 Å². The number of methoxy groups -OCH3 is 2. The molecular weight excluding hydrogens is 314 g/mol. The molecular formula is C13H18BrNO4. The summed E-state index contributed by atoms with van der Waals surface area (Å²) in [7, 11) is 3.05. The Bertz CT molecular complexity index is 462. The number of hydrogen-bond donors (Lipinski definition) is 2. The summed E-state index contributed by atoms with van der Waals surface area (Å²) in [6, 6.07) is 2.60. The highest BCUT2D eigenvalue weighted by Crippen LogP contribution is 2.36. The van der Waals surface area contributed by atoms with Gasteiger partial charge >= 0.3 is 5.97 Å². The summed E-state index contributed by atoms with van der Waals surface area (Å²) < 4.78 is 11.0. The Kier molecular flexibility index (Phi) is 5.62. The van der Waals surface area contributed by atoms with Crippen molar-refractivity contribution in [3.05, 3.63) is 22.2 Å². The average Bonchev–Trinajstić information content (AvgIpc) is 2.35. The van der Waals surface area contributed by atoms with Crippen LogP contribution < -0.4 is 14.8 Å². The van der Waals surface area contributed by atoms with Crippen LogP contribution >= 0.6 is 15.9 Å². The lowest BCUT2D eigenvalue weighted by atomic mass is 10.1. The van der Waals surface area contributed by atoms with Crippen molar-refractivity contribution in [2.24, 2.45) is 0 Å². The summed E-state index contributed by atoms with van der Waals surface area (Å²) in [5, 5.41) is 12.3. The Hall–Kier alpha value is -1.27. The third kappa shape index (κ3) is 3.84. The van der Waals surface area contributed by atoms with E-state index in [-0.39, 0.29) is 6.04 Å². The molecule has 0 aliphatic carbocycles. The van der Waals surface area contributed by atoms with E-state index in [0.29, 0.717) is 21.5 Å². The molecule has 0 radical (unpaired) electrons. The number of carbonyl (C=O) groups is 1. The first-order chi connectivity index (χ1) is 8.90. The Morgan fingerprint density at radius 3 is 2.21 bits per heavy atom. The molecule has 1 aromatic carbocycles. The fraction of sp³-hybridized carbons (Fsp3) is 0.462. The first-order valence-corrected chi connectivity index (χ1v) is 6.60. The van der Waals surface area contributed by atoms with Crippen LogP contribution in [0.15, 0.2) is 16.6 Å². The normalized spacial score (nSPS) is 12.3. The highest BCUT2D eigenvalue weighted by molar-refractivity contribution is 9.10. The van der Waals surface area contributed by atoms with Crippen LogP contribution in [0.1, 0.15) is 25.5 Å². The molecule has 2 N–H and O–H groups in total. The largest absolute Gasteiger partial charge is 0.493 e. The monoisotopic (exact) mass is 331 g/mol. The van der Waals surface area contributed by atoms with Crippen LogP contribution in [0, 0.1) is 0 Å². The van der Waals surface area contributed by atoms with E-state index in [1.54, 1.807) is 12.1 Å². The smallest absolute Gasteiger partial charge is 0.325 e. The summed E-state index contributed by atoms with van der Waals surface area (Å²) in [5.74, 6) is 0.103. The quantitative estimate of drug-likeness (QED) is 0.838. The maximum absolute atomic E-state index is 11.4. The molecule has 1 aromatic rings. The van der Waals surface area contributed by atoms with E-state index >= 15 is 0 Å². The molecule has 5 nitrogen and oxygen atoms in total. The number of aliphatic carboxylic acids is 1. The SMILES string of the molecule is COc1cc(Br)c(C(NC(C)C)C(=O)O)cc1OC. The molecule has 0 aromatic heterocycles. The van der Waals surface area contributed by atoms with Crippen LogP contribution in [-0.4, -0.2) is 31.3 Å². The molecule has 0 aliphatic heterocycles. The van der Waals surface area contributed by atoms with E-state index in [1.807, 2.05) is 13.8 Å². The van der Waals surface area contributed by atoms with Gasteiger partial charge < -0.3 is 14.6 Å². The number of benzene rings is 1. The van der Waals surface area contributed by atoms with Crippen LogP contribution in [0.3, 0.4) is 0 Å². The molecule has 19 heavy (non-hydrogen) atoms. The van der Waals surface area contributed by atoms with Crippen LogP contribution in [0.25, 0.3) is 0 Å². The summed E-state index contributed by atoms with van der Waals surface area (Å²) in [6.45, 7) is 3.79. The van der Waals surface area contributed by atoms with Crippen molar-refractivity contribution >= 4 is 21.9 Å². The lowest BCUT2D eigenvalue weighted by Crippen LogP contribution is -2.33. The van der Waals surface area contributed by atoms with Crippen molar-refractivity contribution in [3.8, 4) is 11.5 Å². The summed E-state index contributed by atoms with van der Waals surface area (Å²) in [5.41, 5.74) is 0.596. The van der Waals surface area contributed by atoms with Gasteiger partial charge in [-0.25, -0.2) is 0 Å². The fourth-order valence-corrected chi connectivity index (χ4v) is 2.27. The first-order valence-electron chi connectivity index (χ1n) is 5.81. The van der Waals surface area contributed by atoms with Gasteiger partial charge in [-0.1, -0.05) is 15.9 Å². The third-order valence-electron chi connectivity index (χ3n) is 2.56. The highest BCUT2D eigenvalue weighted by atomic mass is 79.9. The molecule has 6 heteroatoms. The molecule has 0 saturated heterocycles. The Morgan fingerprint density at radius 1 is 1.26 bits per heavy atom. The molecule has 1 unspecified atom stereocenters. The third-order valence-corrected chi connectivity index (χ3v) is 3.25. The van der Waals surface area contributed by atoms with Crippen molar-refractivity contribution in [2.45, 2.75) is 25.9 Å². The standard InChI is InChI=1S/C13H18BrNO4/c1-7(2)15-12(13(16)17)8-5-10(18-3)11(19-4)6-9(8)14/h5-7,12,15H,1-4H3,(H,16,17). The minimum Gasteiger partial charge on any atom is -0.493 e. The summed E-state index contributed by atoms with van der Waals surface area (Å²) >= 11 is 3.37. The number of ether oxygens (including phenoxy) is 2. The van der Waals surface area contributed by atoms with E-state index in [9.17, 15) is 9.90 Å². The topological polar surface area (TPSA) is 67.8 Å². The van der Waals surface area contributed by atoms with Gasteiger partial charge in [0.05, 0.1) is 14.2 Å². The van der Waals surface area contributed by atoms with Crippen molar-refractivity contribution in [1.29, 1.82) is 0 Å². The van der Waals surface area contributed by atoms with E-state index in [0.717, 1.165) is 0 Å². The van der Waals surface area contributed by atoms with Gasteiger partial charge in [0.1, 0.15) is 6.04 Å². The lowest BCUT2D eigenvalue weighted by molar-refractivity contribution is -0.139. The summed E-state index contributed by atoms with van der Waals surface area (Å²) in [4.78, 5) is 11.4. The maximum atomic E-state index is 11.4. The second kappa shape index (κ2) is 6.77. The van der Waals surface area contributed by atoms with Crippen molar-refractivity contribution in [3.63, 3.8) is 0 Å². The van der Waals surface area contributed by atoms with Crippen molar-refractivity contribution < 1.29 is 19.4 Å². The van der Waals surface area contributed by atoms with E-state index in [1.165, 1.54) is 14.2 Å². The van der Waals surface area contributed by atoms with Crippen LogP contribution in [0.5, 0.6) is 11.5 Å². The fourth-order valence-electron chi connectivity index (χ4n) is 1.72. The Balaban J connectivity index is 3.26. The molecule has 0 spiro atoms. The van der Waals surface area contributed by atoms with Crippen LogP contribution in [0.4, 0.5) is 0 Å². The number of carboxylic acids is 1. The molecule has 0 bridgehead atoms. The molecule has 0 heterocycles. The van der Waals surface area contributed by atoms with Gasteiger partial charge in [-0.3, -0.25) is 10.1 Å². The molecule has 106 valence electrons. The van der Waals surface area contributed by atoms with Crippen molar-refractivity contribution in [2.75, 3.05) is 14.2 Å². The van der Waals surface area contributed by atoms with E-state index in [4.69, 9.17) is 9.47 Å². The zero-order valence-electron chi connectivity index (χ0n) is 11.4. The number of halogens is 1. The maximum Gasteiger partial charge on any atom is 0.325 e. The van der Waals surface area contributed by atoms with Crippen molar-refractivity contribution in [1.82, 2.24) is 5.32 Å². The molecule has 0 saturated carbocycles. The number of rotatable bonds is 6. The van der Waals surface area contributed by atoms with Gasteiger partial charge in [0.15, 0.2) is 11.5 Å². The number of nitrogens with one attached hydrogen (secondary N) is 1. The van der Waals surface area contributed by atoms with E-state index < -0.39 is 12.0 Å². The van der Waals surface area contributed by atoms with Gasteiger partial charge in [0.2, 0.25) is 0 Å². The number of hydrogen-bond acceptors (Lipinski definition) is 4. The van der Waals surface area contributed by atoms with Gasteiger partial charge in [0.25, 0.3) is 0 Å².